The smallest absolute Gasteiger partial charge is 0.416 e. The third-order valence-electron chi connectivity index (χ3n) is 4.17. The fourth-order valence-corrected chi connectivity index (χ4v) is 3.24. The van der Waals surface area contributed by atoms with E-state index in [1.807, 2.05) is 24.3 Å². The van der Waals surface area contributed by atoms with E-state index in [2.05, 4.69) is 33.1 Å². The van der Waals surface area contributed by atoms with Gasteiger partial charge in [0.15, 0.2) is 11.5 Å². The van der Waals surface area contributed by atoms with Gasteiger partial charge in [-0.15, -0.1) is 0 Å². The predicted molar refractivity (Wildman–Crippen MR) is 124 cm³/mol. The molecule has 1 N–H and O–H groups in total. The summed E-state index contributed by atoms with van der Waals surface area (Å²) in [6, 6.07) is 15.8. The normalized spacial score (nSPS) is 11.5. The number of halogens is 5. The van der Waals surface area contributed by atoms with Gasteiger partial charge in [-0.2, -0.15) is 18.3 Å². The van der Waals surface area contributed by atoms with Gasteiger partial charge in [-0.1, -0.05) is 23.7 Å². The Bertz CT molecular complexity index is 1060. The molecule has 4 nitrogen and oxygen atoms in total. The molecule has 0 saturated heterocycles. The van der Waals surface area contributed by atoms with Gasteiger partial charge in [-0.25, -0.2) is 0 Å². The Morgan fingerprint density at radius 1 is 1.06 bits per heavy atom. The van der Waals surface area contributed by atoms with E-state index in [1.165, 1.54) is 25.5 Å². The Hall–Kier alpha value is -2.46. The lowest BCUT2D eigenvalue weighted by Crippen LogP contribution is -2.04. The summed E-state index contributed by atoms with van der Waals surface area (Å²) in [4.78, 5) is 0. The van der Waals surface area contributed by atoms with Crippen LogP contribution in [0.1, 0.15) is 16.7 Å². The highest BCUT2D eigenvalue weighted by atomic mass is 127. The van der Waals surface area contributed by atoms with Crippen LogP contribution in [0.15, 0.2) is 65.8 Å². The number of nitrogens with zero attached hydrogens (tertiary/aromatic N) is 1. The van der Waals surface area contributed by atoms with Gasteiger partial charge in [0.2, 0.25) is 0 Å². The van der Waals surface area contributed by atoms with Crippen molar-refractivity contribution in [3.8, 4) is 11.5 Å². The van der Waals surface area contributed by atoms with Crippen molar-refractivity contribution in [1.29, 1.82) is 0 Å². The summed E-state index contributed by atoms with van der Waals surface area (Å²) in [5.74, 6) is 0.851. The van der Waals surface area contributed by atoms with E-state index >= 15 is 0 Å². The van der Waals surface area contributed by atoms with Crippen molar-refractivity contribution < 1.29 is 22.6 Å². The van der Waals surface area contributed by atoms with Gasteiger partial charge in [-0.3, -0.25) is 5.43 Å². The van der Waals surface area contributed by atoms with Crippen molar-refractivity contribution in [2.75, 3.05) is 12.5 Å². The maximum absolute atomic E-state index is 12.6. The molecule has 3 aromatic rings. The second-order valence-corrected chi connectivity index (χ2v) is 8.05. The molecule has 0 atom stereocenters. The van der Waals surface area contributed by atoms with Crippen LogP contribution in [-0.2, 0) is 12.8 Å². The lowest BCUT2D eigenvalue weighted by atomic mass is 10.2. The topological polar surface area (TPSA) is 42.8 Å². The Morgan fingerprint density at radius 3 is 2.35 bits per heavy atom. The number of anilines is 1. The molecule has 0 spiro atoms. The monoisotopic (exact) mass is 560 g/mol. The van der Waals surface area contributed by atoms with Crippen LogP contribution in [-0.4, -0.2) is 13.3 Å². The van der Waals surface area contributed by atoms with Crippen LogP contribution in [0.25, 0.3) is 0 Å². The summed E-state index contributed by atoms with van der Waals surface area (Å²) >= 11 is 8.60. The molecule has 0 fully saturated rings. The van der Waals surface area contributed by atoms with E-state index in [4.69, 9.17) is 21.1 Å². The second kappa shape index (κ2) is 10.2. The van der Waals surface area contributed by atoms with Crippen LogP contribution in [0.2, 0.25) is 5.02 Å². The summed E-state index contributed by atoms with van der Waals surface area (Å²) in [5.41, 5.74) is 3.99. The molecule has 0 aliphatic heterocycles. The minimum absolute atomic E-state index is 0.329. The van der Waals surface area contributed by atoms with Crippen molar-refractivity contribution in [2.24, 2.45) is 5.10 Å². The van der Waals surface area contributed by atoms with Crippen LogP contribution < -0.4 is 14.9 Å². The van der Waals surface area contributed by atoms with Gasteiger partial charge in [0, 0.05) is 3.57 Å². The molecule has 3 aromatic carbocycles. The second-order valence-electron chi connectivity index (χ2n) is 6.39. The number of hydrogen-bond acceptors (Lipinski definition) is 4. The van der Waals surface area contributed by atoms with Crippen molar-refractivity contribution >= 4 is 46.1 Å². The third-order valence-corrected chi connectivity index (χ3v) is 5.17. The molecule has 0 aliphatic rings. The highest BCUT2D eigenvalue weighted by molar-refractivity contribution is 14.1. The Labute approximate surface area is 196 Å². The first kappa shape index (κ1) is 23.2. The molecule has 0 amide bonds. The molecule has 0 saturated carbocycles. The Balaban J connectivity index is 1.68. The first-order valence-electron chi connectivity index (χ1n) is 8.97. The molecular weight excluding hydrogens is 544 g/mol. The molecule has 31 heavy (non-hydrogen) atoms. The Morgan fingerprint density at radius 2 is 1.74 bits per heavy atom. The fourth-order valence-electron chi connectivity index (χ4n) is 2.61. The number of hydrogen-bond donors (Lipinski definition) is 1. The number of nitrogens with one attached hydrogen (secondary N) is 1. The van der Waals surface area contributed by atoms with Gasteiger partial charge < -0.3 is 9.47 Å². The van der Waals surface area contributed by atoms with E-state index in [1.54, 1.807) is 12.1 Å². The molecule has 0 bridgehead atoms. The van der Waals surface area contributed by atoms with E-state index in [9.17, 15) is 13.2 Å². The molecule has 9 heteroatoms. The minimum atomic E-state index is -4.38. The van der Waals surface area contributed by atoms with E-state index in [-0.39, 0.29) is 0 Å². The molecule has 0 unspecified atom stereocenters. The van der Waals surface area contributed by atoms with Crippen LogP contribution in [0.5, 0.6) is 11.5 Å². The lowest BCUT2D eigenvalue weighted by Gasteiger charge is -2.13. The van der Waals surface area contributed by atoms with Crippen LogP contribution in [0.4, 0.5) is 18.9 Å². The standard InChI is InChI=1S/C22H17ClF3IN2O2/c1-30-20-11-15(12-28-29-18-8-4-16(5-9-18)22(24,25)26)10-19(23)21(20)31-13-14-2-6-17(27)7-3-14/h2-12,29H,13H2,1H3/b28-12+. The molecular formula is C22H17ClF3IN2O2. The van der Waals surface area contributed by atoms with E-state index < -0.39 is 11.7 Å². The highest BCUT2D eigenvalue weighted by Gasteiger charge is 2.29. The van der Waals surface area contributed by atoms with Crippen molar-refractivity contribution in [3.63, 3.8) is 0 Å². The summed E-state index contributed by atoms with van der Waals surface area (Å²) < 4.78 is 50.2. The van der Waals surface area contributed by atoms with Crippen LogP contribution in [0, 0.1) is 3.57 Å². The predicted octanol–water partition coefficient (Wildman–Crippen LogP) is 7.00. The summed E-state index contributed by atoms with van der Waals surface area (Å²) in [5, 5.41) is 4.39. The number of hydrazone groups is 1. The fraction of sp³-hybridized carbons (Fsp3) is 0.136. The number of benzene rings is 3. The van der Waals surface area contributed by atoms with E-state index in [0.29, 0.717) is 34.4 Å². The first-order valence-corrected chi connectivity index (χ1v) is 10.4. The zero-order valence-electron chi connectivity index (χ0n) is 16.2. The summed E-state index contributed by atoms with van der Waals surface area (Å²) in [6.45, 7) is 0.329. The lowest BCUT2D eigenvalue weighted by molar-refractivity contribution is -0.137. The molecule has 3 rings (SSSR count). The first-order chi connectivity index (χ1) is 14.8. The number of ether oxygens (including phenoxy) is 2. The zero-order valence-corrected chi connectivity index (χ0v) is 19.1. The number of alkyl halides is 3. The minimum Gasteiger partial charge on any atom is -0.493 e. The summed E-state index contributed by atoms with van der Waals surface area (Å²) in [7, 11) is 1.50. The molecule has 162 valence electrons. The average molecular weight is 561 g/mol. The van der Waals surface area contributed by atoms with Crippen molar-refractivity contribution in [2.45, 2.75) is 12.8 Å². The number of methoxy groups -OCH3 is 1. The van der Waals surface area contributed by atoms with Crippen molar-refractivity contribution in [1.82, 2.24) is 0 Å². The maximum atomic E-state index is 12.6. The SMILES string of the molecule is COc1cc(/C=N/Nc2ccc(C(F)(F)F)cc2)cc(Cl)c1OCc1ccc(I)cc1. The molecule has 0 aliphatic carbocycles. The molecule has 0 heterocycles. The van der Waals surface area contributed by atoms with Gasteiger partial charge in [-0.05, 0) is 82.2 Å². The highest BCUT2D eigenvalue weighted by Crippen LogP contribution is 2.36. The number of rotatable bonds is 7. The quantitative estimate of drug-likeness (QED) is 0.192. The largest absolute Gasteiger partial charge is 0.493 e. The maximum Gasteiger partial charge on any atom is 0.416 e. The van der Waals surface area contributed by atoms with Gasteiger partial charge >= 0.3 is 6.18 Å². The van der Waals surface area contributed by atoms with Crippen LogP contribution >= 0.6 is 34.2 Å². The average Bonchev–Trinajstić information content (AvgIpc) is 2.73. The van der Waals surface area contributed by atoms with E-state index in [0.717, 1.165) is 21.3 Å². The zero-order chi connectivity index (χ0) is 22.4. The van der Waals surface area contributed by atoms with Gasteiger partial charge in [0.05, 0.1) is 29.6 Å². The molecule has 0 aromatic heterocycles. The van der Waals surface area contributed by atoms with Gasteiger partial charge in [0.25, 0.3) is 0 Å². The summed E-state index contributed by atoms with van der Waals surface area (Å²) in [6.07, 6.45) is -2.90. The third kappa shape index (κ3) is 6.51. The Kier molecular flexibility index (Phi) is 7.66. The molecule has 0 radical (unpaired) electrons. The van der Waals surface area contributed by atoms with Crippen molar-refractivity contribution in [3.05, 3.63) is 85.9 Å². The van der Waals surface area contributed by atoms with Crippen LogP contribution in [0.3, 0.4) is 0 Å². The van der Waals surface area contributed by atoms with Gasteiger partial charge in [0.1, 0.15) is 6.61 Å².